The minimum atomic E-state index is -1.88. The van der Waals surface area contributed by atoms with E-state index in [0.29, 0.717) is 17.0 Å². The zero-order valence-corrected chi connectivity index (χ0v) is 23.8. The molecule has 3 unspecified atom stereocenters. The molecule has 1 saturated carbocycles. The topological polar surface area (TPSA) is 126 Å². The van der Waals surface area contributed by atoms with Crippen LogP contribution in [0.25, 0.3) is 0 Å². The van der Waals surface area contributed by atoms with Crippen molar-refractivity contribution in [1.29, 1.82) is 0 Å². The molecule has 218 valence electrons. The molecule has 42 heavy (non-hydrogen) atoms. The van der Waals surface area contributed by atoms with Crippen LogP contribution in [0.15, 0.2) is 78.9 Å². The number of amides is 3. The zero-order valence-electron chi connectivity index (χ0n) is 23.8. The van der Waals surface area contributed by atoms with Crippen LogP contribution in [-0.4, -0.2) is 47.5 Å². The van der Waals surface area contributed by atoms with Crippen LogP contribution >= 0.6 is 0 Å². The molecular formula is C33H37N5O4. The summed E-state index contributed by atoms with van der Waals surface area (Å²) >= 11 is 0. The first kappa shape index (κ1) is 27.8. The van der Waals surface area contributed by atoms with Gasteiger partial charge in [-0.15, -0.1) is 0 Å². The van der Waals surface area contributed by atoms with E-state index in [1.807, 2.05) is 60.7 Å². The second-order valence-corrected chi connectivity index (χ2v) is 11.4. The Balaban J connectivity index is 1.49. The molecule has 2 fully saturated rings. The van der Waals surface area contributed by atoms with Gasteiger partial charge in [0.2, 0.25) is 11.8 Å². The number of nitrogens with one attached hydrogen (secondary N) is 3. The first-order chi connectivity index (χ1) is 20.4. The molecule has 2 heterocycles. The van der Waals surface area contributed by atoms with Gasteiger partial charge in [-0.2, -0.15) is 0 Å². The fourth-order valence-electron chi connectivity index (χ4n) is 7.01. The molecule has 3 atom stereocenters. The van der Waals surface area contributed by atoms with Crippen molar-refractivity contribution in [3.05, 3.63) is 95.6 Å². The maximum absolute atomic E-state index is 14.7. The molecule has 0 spiro atoms. The molecule has 3 aromatic rings. The van der Waals surface area contributed by atoms with Crippen molar-refractivity contribution in [3.63, 3.8) is 0 Å². The molecule has 9 heteroatoms. The van der Waals surface area contributed by atoms with Gasteiger partial charge in [-0.05, 0) is 42.2 Å². The monoisotopic (exact) mass is 567 g/mol. The average molecular weight is 568 g/mol. The quantitative estimate of drug-likeness (QED) is 0.331. The van der Waals surface area contributed by atoms with E-state index in [2.05, 4.69) is 16.0 Å². The van der Waals surface area contributed by atoms with Crippen molar-refractivity contribution < 1.29 is 19.1 Å². The molecule has 0 bridgehead atoms. The lowest BCUT2D eigenvalue weighted by atomic mass is 9.68. The van der Waals surface area contributed by atoms with Crippen molar-refractivity contribution >= 4 is 23.4 Å². The average Bonchev–Trinajstić information content (AvgIpc) is 3.41. The van der Waals surface area contributed by atoms with Crippen LogP contribution in [0.2, 0.25) is 0 Å². The number of fused-ring (bicyclic) bond motifs is 3. The largest absolute Gasteiger partial charge is 0.497 e. The van der Waals surface area contributed by atoms with E-state index in [1.165, 1.54) is 0 Å². The number of rotatable bonds is 8. The molecule has 3 aliphatic rings. The molecule has 6 rings (SSSR count). The smallest absolute Gasteiger partial charge is 0.265 e. The molecule has 9 nitrogen and oxygen atoms in total. The number of nitrogens with zero attached hydrogens (tertiary/aromatic N) is 1. The Kier molecular flexibility index (Phi) is 7.36. The number of methoxy groups -OCH3 is 1. The molecular weight excluding hydrogens is 530 g/mol. The third-order valence-corrected chi connectivity index (χ3v) is 9.05. The Morgan fingerprint density at radius 2 is 1.55 bits per heavy atom. The first-order valence-corrected chi connectivity index (χ1v) is 14.6. The van der Waals surface area contributed by atoms with Gasteiger partial charge in [0, 0.05) is 30.4 Å². The van der Waals surface area contributed by atoms with Gasteiger partial charge in [-0.25, -0.2) is 0 Å². The molecule has 1 saturated heterocycles. The van der Waals surface area contributed by atoms with E-state index in [9.17, 15) is 14.4 Å². The second kappa shape index (κ2) is 11.1. The third-order valence-electron chi connectivity index (χ3n) is 9.05. The summed E-state index contributed by atoms with van der Waals surface area (Å²) in [6.07, 6.45) is 4.44. The molecule has 0 radical (unpaired) electrons. The Labute approximate surface area is 245 Å². The van der Waals surface area contributed by atoms with Crippen LogP contribution in [0.1, 0.15) is 48.8 Å². The predicted molar refractivity (Wildman–Crippen MR) is 159 cm³/mol. The molecule has 0 aromatic heterocycles. The number of anilines is 1. The van der Waals surface area contributed by atoms with E-state index >= 15 is 0 Å². The molecule has 5 N–H and O–H groups in total. The summed E-state index contributed by atoms with van der Waals surface area (Å²) in [5, 5.41) is 9.31. The normalized spacial score (nSPS) is 24.9. The van der Waals surface area contributed by atoms with E-state index in [4.69, 9.17) is 10.5 Å². The van der Waals surface area contributed by atoms with Gasteiger partial charge in [0.05, 0.1) is 7.11 Å². The summed E-state index contributed by atoms with van der Waals surface area (Å²) in [6, 6.07) is 22.9. The Hall–Kier alpha value is -4.37. The van der Waals surface area contributed by atoms with Gasteiger partial charge in [0.1, 0.15) is 11.8 Å². The number of hydrogen-bond donors (Lipinski definition) is 4. The van der Waals surface area contributed by atoms with Crippen LogP contribution < -0.4 is 26.4 Å². The summed E-state index contributed by atoms with van der Waals surface area (Å²) in [5.41, 5.74) is 6.27. The summed E-state index contributed by atoms with van der Waals surface area (Å²) in [4.78, 5) is 45.3. The van der Waals surface area contributed by atoms with E-state index in [-0.39, 0.29) is 19.1 Å². The number of nitrogens with two attached hydrogens (primary N) is 1. The second-order valence-electron chi connectivity index (χ2n) is 11.4. The number of likely N-dealkylation sites (tertiary alicyclic amines) is 1. The lowest BCUT2D eigenvalue weighted by Crippen LogP contribution is -2.69. The fourth-order valence-corrected chi connectivity index (χ4v) is 7.01. The highest BCUT2D eigenvalue weighted by atomic mass is 16.5. The maximum Gasteiger partial charge on any atom is 0.265 e. The summed E-state index contributed by atoms with van der Waals surface area (Å²) < 4.78 is 5.55. The zero-order chi connectivity index (χ0) is 29.3. The number of carbonyl (C=O) groups is 3. The van der Waals surface area contributed by atoms with Gasteiger partial charge < -0.3 is 25.6 Å². The highest BCUT2D eigenvalue weighted by Crippen LogP contribution is 2.56. The molecule has 3 amide bonds. The minimum Gasteiger partial charge on any atom is -0.497 e. The first-order valence-electron chi connectivity index (χ1n) is 14.6. The Bertz CT molecular complexity index is 1480. The lowest BCUT2D eigenvalue weighted by Gasteiger charge is -2.40. The van der Waals surface area contributed by atoms with Gasteiger partial charge in [0.25, 0.3) is 5.91 Å². The van der Waals surface area contributed by atoms with E-state index in [0.717, 1.165) is 43.2 Å². The predicted octanol–water partition coefficient (Wildman–Crippen LogP) is 3.19. The van der Waals surface area contributed by atoms with Crippen molar-refractivity contribution in [3.8, 4) is 5.75 Å². The number of benzene rings is 3. The highest BCUT2D eigenvalue weighted by molar-refractivity contribution is 6.14. The Morgan fingerprint density at radius 1 is 0.929 bits per heavy atom. The lowest BCUT2D eigenvalue weighted by molar-refractivity contribution is -0.141. The number of carbonyl (C=O) groups excluding carboxylic acids is 3. The van der Waals surface area contributed by atoms with Crippen LogP contribution in [0, 0.1) is 0 Å². The van der Waals surface area contributed by atoms with E-state index < -0.39 is 34.8 Å². The van der Waals surface area contributed by atoms with Crippen LogP contribution in [0.4, 0.5) is 5.69 Å². The summed E-state index contributed by atoms with van der Waals surface area (Å²) in [5.74, 6) is -0.848. The van der Waals surface area contributed by atoms with Crippen molar-refractivity contribution in [2.24, 2.45) is 5.73 Å². The number of hydrogen-bond acceptors (Lipinski definition) is 6. The Morgan fingerprint density at radius 3 is 2.17 bits per heavy atom. The van der Waals surface area contributed by atoms with Gasteiger partial charge in [-0.1, -0.05) is 79.9 Å². The van der Waals surface area contributed by atoms with Crippen molar-refractivity contribution in [1.82, 2.24) is 15.5 Å². The van der Waals surface area contributed by atoms with E-state index in [1.54, 1.807) is 30.2 Å². The van der Waals surface area contributed by atoms with Gasteiger partial charge >= 0.3 is 0 Å². The third kappa shape index (κ3) is 4.39. The van der Waals surface area contributed by atoms with Crippen LogP contribution in [0.5, 0.6) is 5.75 Å². The molecule has 1 aliphatic carbocycles. The molecule has 3 aromatic carbocycles. The SMILES string of the molecule is COc1ccc2c(c1)C1(C(=O)NCc3ccccc3)C(C(=O)NCc3ccccc3)N(C3CCCCC3)C(=O)C1(N)N2. The van der Waals surface area contributed by atoms with Gasteiger partial charge in [0.15, 0.2) is 11.1 Å². The summed E-state index contributed by atoms with van der Waals surface area (Å²) in [7, 11) is 1.54. The van der Waals surface area contributed by atoms with Crippen LogP contribution in [0.3, 0.4) is 0 Å². The fraction of sp³-hybridized carbons (Fsp3) is 0.364. The standard InChI is InChI=1S/C33H37N5O4/c1-42-25-17-18-27-26(19-25)32(30(40)36-21-23-13-7-3-8-14-23)28(29(39)35-20-22-11-5-2-6-12-22)38(24-15-9-4-10-16-24)31(41)33(32,34)37-27/h2-3,5-8,11-14,17-19,24,28,37H,4,9-10,15-16,20-21,34H2,1H3,(H,35,39)(H,36,40). The number of ether oxygens (including phenoxy) is 1. The summed E-state index contributed by atoms with van der Waals surface area (Å²) in [6.45, 7) is 0.466. The molecule has 2 aliphatic heterocycles. The van der Waals surface area contributed by atoms with Crippen molar-refractivity contribution in [2.45, 2.75) is 68.4 Å². The van der Waals surface area contributed by atoms with Crippen LogP contribution in [-0.2, 0) is 32.9 Å². The van der Waals surface area contributed by atoms with Crippen molar-refractivity contribution in [2.75, 3.05) is 12.4 Å². The maximum atomic E-state index is 14.7. The highest BCUT2D eigenvalue weighted by Gasteiger charge is 2.78. The minimum absolute atomic E-state index is 0.209. The van der Waals surface area contributed by atoms with Gasteiger partial charge in [-0.3, -0.25) is 20.1 Å².